The highest BCUT2D eigenvalue weighted by molar-refractivity contribution is 5.97. The highest BCUT2D eigenvalue weighted by atomic mass is 19.1. The van der Waals surface area contributed by atoms with Gasteiger partial charge < -0.3 is 0 Å². The molecule has 0 aliphatic rings. The number of carbonyl (C=O) groups is 1. The lowest BCUT2D eigenvalue weighted by Crippen LogP contribution is -2.07. The number of nitrogens with zero attached hydrogens (tertiary/aromatic N) is 2. The average Bonchev–Trinajstić information content (AvgIpc) is 2.30. The zero-order valence-electron chi connectivity index (χ0n) is 8.73. The standard InChI is InChI=1S/C12H8F2N2O/c13-8-1-2-10(11(14)5-8)12(17)6-9-3-4-15-7-16-9/h1-5,7H,6H2. The second-order valence-electron chi connectivity index (χ2n) is 3.42. The van der Waals surface area contributed by atoms with Gasteiger partial charge in [0.05, 0.1) is 17.7 Å². The summed E-state index contributed by atoms with van der Waals surface area (Å²) in [4.78, 5) is 19.3. The van der Waals surface area contributed by atoms with Crippen LogP contribution in [0.25, 0.3) is 0 Å². The number of Topliss-reactive ketones (excluding diaryl/α,β-unsaturated/α-hetero) is 1. The molecule has 0 atom stereocenters. The van der Waals surface area contributed by atoms with Crippen LogP contribution in [0.4, 0.5) is 8.78 Å². The number of benzene rings is 1. The monoisotopic (exact) mass is 234 g/mol. The third-order valence-corrected chi connectivity index (χ3v) is 2.22. The van der Waals surface area contributed by atoms with Crippen molar-refractivity contribution in [2.75, 3.05) is 0 Å². The quantitative estimate of drug-likeness (QED) is 0.764. The van der Waals surface area contributed by atoms with E-state index >= 15 is 0 Å². The predicted octanol–water partition coefficient (Wildman–Crippen LogP) is 2.18. The molecule has 2 aromatic rings. The zero-order chi connectivity index (χ0) is 12.3. The van der Waals surface area contributed by atoms with E-state index in [1.165, 1.54) is 12.5 Å². The summed E-state index contributed by atoms with van der Waals surface area (Å²) < 4.78 is 26.0. The van der Waals surface area contributed by atoms with Crippen molar-refractivity contribution in [3.05, 3.63) is 59.7 Å². The molecule has 0 saturated carbocycles. The second-order valence-corrected chi connectivity index (χ2v) is 3.42. The zero-order valence-corrected chi connectivity index (χ0v) is 8.73. The summed E-state index contributed by atoms with van der Waals surface area (Å²) in [5, 5.41) is 0. The first-order valence-corrected chi connectivity index (χ1v) is 4.90. The lowest BCUT2D eigenvalue weighted by atomic mass is 10.1. The first-order chi connectivity index (χ1) is 8.16. The Labute approximate surface area is 96.2 Å². The molecular weight excluding hydrogens is 226 g/mol. The van der Waals surface area contributed by atoms with Crippen molar-refractivity contribution in [1.29, 1.82) is 0 Å². The second kappa shape index (κ2) is 4.78. The van der Waals surface area contributed by atoms with E-state index in [1.807, 2.05) is 0 Å². The maximum atomic E-state index is 13.3. The maximum Gasteiger partial charge on any atom is 0.171 e. The molecule has 3 nitrogen and oxygen atoms in total. The SMILES string of the molecule is O=C(Cc1ccncn1)c1ccc(F)cc1F. The van der Waals surface area contributed by atoms with Crippen LogP contribution in [0.3, 0.4) is 0 Å². The molecule has 0 saturated heterocycles. The van der Waals surface area contributed by atoms with E-state index in [1.54, 1.807) is 6.07 Å². The summed E-state index contributed by atoms with van der Waals surface area (Å²) in [6, 6.07) is 4.44. The van der Waals surface area contributed by atoms with Crippen molar-refractivity contribution in [3.8, 4) is 0 Å². The number of carbonyl (C=O) groups excluding carboxylic acids is 1. The fourth-order valence-electron chi connectivity index (χ4n) is 1.40. The normalized spacial score (nSPS) is 10.2. The topological polar surface area (TPSA) is 42.9 Å². The third kappa shape index (κ3) is 2.69. The molecule has 0 fully saturated rings. The Morgan fingerprint density at radius 2 is 2.06 bits per heavy atom. The van der Waals surface area contributed by atoms with Crippen LogP contribution in [0.2, 0.25) is 0 Å². The van der Waals surface area contributed by atoms with Gasteiger partial charge in [0.2, 0.25) is 0 Å². The van der Waals surface area contributed by atoms with Gasteiger partial charge in [0, 0.05) is 12.3 Å². The smallest absolute Gasteiger partial charge is 0.171 e. The molecular formula is C12H8F2N2O. The third-order valence-electron chi connectivity index (χ3n) is 2.22. The number of ketones is 1. The van der Waals surface area contributed by atoms with Gasteiger partial charge in [-0.25, -0.2) is 18.7 Å². The van der Waals surface area contributed by atoms with Crippen LogP contribution < -0.4 is 0 Å². The number of rotatable bonds is 3. The van der Waals surface area contributed by atoms with Crippen molar-refractivity contribution < 1.29 is 13.6 Å². The van der Waals surface area contributed by atoms with E-state index < -0.39 is 17.4 Å². The molecule has 1 aromatic heterocycles. The predicted molar refractivity (Wildman–Crippen MR) is 56.4 cm³/mol. The molecule has 0 bridgehead atoms. The molecule has 0 unspecified atom stereocenters. The summed E-state index contributed by atoms with van der Waals surface area (Å²) in [7, 11) is 0. The summed E-state index contributed by atoms with van der Waals surface area (Å²) in [6.07, 6.45) is 2.77. The summed E-state index contributed by atoms with van der Waals surface area (Å²) >= 11 is 0. The van der Waals surface area contributed by atoms with Crippen LogP contribution in [-0.4, -0.2) is 15.8 Å². The van der Waals surface area contributed by atoms with Crippen LogP contribution in [0, 0.1) is 11.6 Å². The maximum absolute atomic E-state index is 13.3. The molecule has 0 aliphatic heterocycles. The van der Waals surface area contributed by atoms with Crippen LogP contribution >= 0.6 is 0 Å². The fraction of sp³-hybridized carbons (Fsp3) is 0.0833. The number of aromatic nitrogens is 2. The molecule has 1 aromatic carbocycles. The minimum absolute atomic E-state index is 0.0366. The van der Waals surface area contributed by atoms with Gasteiger partial charge in [-0.1, -0.05) is 0 Å². The Bertz CT molecular complexity index is 543. The summed E-state index contributed by atoms with van der Waals surface area (Å²) in [5.41, 5.74) is 0.360. The van der Waals surface area contributed by atoms with E-state index in [-0.39, 0.29) is 12.0 Å². The highest BCUT2D eigenvalue weighted by Crippen LogP contribution is 2.12. The van der Waals surface area contributed by atoms with Crippen LogP contribution in [0.15, 0.2) is 36.8 Å². The molecule has 2 rings (SSSR count). The molecule has 0 spiro atoms. The minimum atomic E-state index is -0.857. The van der Waals surface area contributed by atoms with Crippen molar-refractivity contribution in [2.24, 2.45) is 0 Å². The lowest BCUT2D eigenvalue weighted by Gasteiger charge is -2.02. The Morgan fingerprint density at radius 3 is 2.71 bits per heavy atom. The van der Waals surface area contributed by atoms with E-state index in [2.05, 4.69) is 9.97 Å². The number of hydrogen-bond donors (Lipinski definition) is 0. The first-order valence-electron chi connectivity index (χ1n) is 4.90. The number of halogens is 2. The van der Waals surface area contributed by atoms with Crippen molar-refractivity contribution >= 4 is 5.78 Å². The van der Waals surface area contributed by atoms with Gasteiger partial charge in [0.1, 0.15) is 18.0 Å². The highest BCUT2D eigenvalue weighted by Gasteiger charge is 2.13. The molecule has 1 heterocycles. The van der Waals surface area contributed by atoms with Crippen molar-refractivity contribution in [1.82, 2.24) is 9.97 Å². The van der Waals surface area contributed by atoms with Crippen LogP contribution in [0.5, 0.6) is 0 Å². The Balaban J connectivity index is 2.21. The van der Waals surface area contributed by atoms with Crippen LogP contribution in [-0.2, 0) is 6.42 Å². The van der Waals surface area contributed by atoms with Crippen LogP contribution in [0.1, 0.15) is 16.1 Å². The molecule has 5 heteroatoms. The Morgan fingerprint density at radius 1 is 1.24 bits per heavy atom. The molecule has 0 aliphatic carbocycles. The van der Waals surface area contributed by atoms with Crippen molar-refractivity contribution in [2.45, 2.75) is 6.42 Å². The largest absolute Gasteiger partial charge is 0.294 e. The van der Waals surface area contributed by atoms with Gasteiger partial charge in [-0.2, -0.15) is 0 Å². The van der Waals surface area contributed by atoms with Crippen molar-refractivity contribution in [3.63, 3.8) is 0 Å². The molecule has 17 heavy (non-hydrogen) atoms. The molecule has 86 valence electrons. The fourth-order valence-corrected chi connectivity index (χ4v) is 1.40. The molecule has 0 N–H and O–H groups in total. The van der Waals surface area contributed by atoms with Gasteiger partial charge in [0.25, 0.3) is 0 Å². The Kier molecular flexibility index (Phi) is 3.18. The van der Waals surface area contributed by atoms with Gasteiger partial charge in [0.15, 0.2) is 5.78 Å². The lowest BCUT2D eigenvalue weighted by molar-refractivity contribution is 0.0988. The Hall–Kier alpha value is -2.17. The summed E-state index contributed by atoms with van der Waals surface area (Å²) in [6.45, 7) is 0. The first kappa shape index (κ1) is 11.3. The average molecular weight is 234 g/mol. The van der Waals surface area contributed by atoms with E-state index in [0.29, 0.717) is 11.8 Å². The van der Waals surface area contributed by atoms with Gasteiger partial charge >= 0.3 is 0 Å². The van der Waals surface area contributed by atoms with Gasteiger partial charge in [-0.15, -0.1) is 0 Å². The minimum Gasteiger partial charge on any atom is -0.294 e. The van der Waals surface area contributed by atoms with Gasteiger partial charge in [-0.3, -0.25) is 4.79 Å². The van der Waals surface area contributed by atoms with Gasteiger partial charge in [-0.05, 0) is 18.2 Å². The summed E-state index contributed by atoms with van der Waals surface area (Å²) in [5.74, 6) is -2.01. The van der Waals surface area contributed by atoms with E-state index in [9.17, 15) is 13.6 Å². The van der Waals surface area contributed by atoms with E-state index in [0.717, 1.165) is 12.1 Å². The number of hydrogen-bond acceptors (Lipinski definition) is 3. The molecule has 0 amide bonds. The molecule has 0 radical (unpaired) electrons. The van der Waals surface area contributed by atoms with E-state index in [4.69, 9.17) is 0 Å².